The molecule has 0 unspecified atom stereocenters. The first-order valence-electron chi connectivity index (χ1n) is 8.76. The van der Waals surface area contributed by atoms with Crippen LogP contribution in [0.1, 0.15) is 18.4 Å². The summed E-state index contributed by atoms with van der Waals surface area (Å²) in [4.78, 5) is 24.9. The van der Waals surface area contributed by atoms with E-state index in [4.69, 9.17) is 21.1 Å². The number of amides is 2. The molecule has 2 aromatic carbocycles. The van der Waals surface area contributed by atoms with E-state index in [0.717, 1.165) is 0 Å². The zero-order valence-corrected chi connectivity index (χ0v) is 16.6. The van der Waals surface area contributed by atoms with Gasteiger partial charge in [0.15, 0.2) is 0 Å². The number of nitrogens with zero attached hydrogens (tertiary/aromatic N) is 2. The van der Waals surface area contributed by atoms with Crippen molar-refractivity contribution in [3.8, 4) is 11.5 Å². The van der Waals surface area contributed by atoms with E-state index in [-0.39, 0.29) is 36.8 Å². The summed E-state index contributed by atoms with van der Waals surface area (Å²) >= 11 is 6.13. The number of carbonyl (C=O) groups excluding carboxylic acids is 2. The Morgan fingerprint density at radius 1 is 1.17 bits per heavy atom. The molecule has 1 aliphatic rings. The highest BCUT2D eigenvalue weighted by molar-refractivity contribution is 6.44. The van der Waals surface area contributed by atoms with E-state index in [1.807, 2.05) is 0 Å². The molecule has 3 rings (SSSR count). The van der Waals surface area contributed by atoms with Gasteiger partial charge in [-0.1, -0.05) is 23.7 Å². The van der Waals surface area contributed by atoms with Crippen LogP contribution in [0.15, 0.2) is 41.5 Å². The first kappa shape index (κ1) is 20.6. The molecule has 29 heavy (non-hydrogen) atoms. The molecule has 0 aliphatic carbocycles. The third kappa shape index (κ3) is 4.83. The van der Waals surface area contributed by atoms with Gasteiger partial charge in [-0.3, -0.25) is 9.59 Å². The molecule has 1 aliphatic heterocycles. The quantitative estimate of drug-likeness (QED) is 0.775. The van der Waals surface area contributed by atoms with E-state index in [9.17, 15) is 14.0 Å². The van der Waals surface area contributed by atoms with Crippen LogP contribution in [-0.4, -0.2) is 36.8 Å². The van der Waals surface area contributed by atoms with E-state index in [0.29, 0.717) is 27.8 Å². The number of hydrogen-bond acceptors (Lipinski definition) is 5. The third-order valence-electron chi connectivity index (χ3n) is 4.33. The average molecular weight is 420 g/mol. The van der Waals surface area contributed by atoms with Gasteiger partial charge in [-0.15, -0.1) is 0 Å². The molecule has 1 N–H and O–H groups in total. The highest BCUT2D eigenvalue weighted by Crippen LogP contribution is 2.36. The maximum Gasteiger partial charge on any atom is 0.271 e. The first-order chi connectivity index (χ1) is 13.9. The molecular weight excluding hydrogens is 401 g/mol. The largest absolute Gasteiger partial charge is 0.495 e. The number of hydrogen-bond donors (Lipinski definition) is 1. The number of ether oxygens (including phenoxy) is 2. The molecule has 0 radical (unpaired) electrons. The van der Waals surface area contributed by atoms with Crippen LogP contribution in [0.25, 0.3) is 0 Å². The van der Waals surface area contributed by atoms with Crippen molar-refractivity contribution in [1.29, 1.82) is 0 Å². The van der Waals surface area contributed by atoms with Gasteiger partial charge in [0.25, 0.3) is 5.91 Å². The summed E-state index contributed by atoms with van der Waals surface area (Å²) in [5.74, 6) is -0.269. The van der Waals surface area contributed by atoms with Crippen molar-refractivity contribution >= 4 is 34.8 Å². The fourth-order valence-corrected chi connectivity index (χ4v) is 3.04. The molecule has 2 amide bonds. The zero-order chi connectivity index (χ0) is 21.0. The van der Waals surface area contributed by atoms with Crippen LogP contribution in [0.3, 0.4) is 0 Å². The van der Waals surface area contributed by atoms with Gasteiger partial charge in [-0.25, -0.2) is 9.40 Å². The topological polar surface area (TPSA) is 80.2 Å². The highest BCUT2D eigenvalue weighted by atomic mass is 35.5. The zero-order valence-electron chi connectivity index (χ0n) is 15.9. The lowest BCUT2D eigenvalue weighted by Crippen LogP contribution is -2.36. The Balaban J connectivity index is 1.78. The van der Waals surface area contributed by atoms with Crippen LogP contribution in [0.2, 0.25) is 5.02 Å². The summed E-state index contributed by atoms with van der Waals surface area (Å²) in [6.45, 7) is 0.146. The molecule has 9 heteroatoms. The number of carbonyl (C=O) groups is 2. The Hall–Kier alpha value is -3.13. The van der Waals surface area contributed by atoms with Crippen LogP contribution < -0.4 is 14.8 Å². The van der Waals surface area contributed by atoms with Crippen LogP contribution in [0, 0.1) is 5.82 Å². The Labute approximate surface area is 172 Å². The van der Waals surface area contributed by atoms with Crippen LogP contribution in [-0.2, 0) is 16.1 Å². The summed E-state index contributed by atoms with van der Waals surface area (Å²) < 4.78 is 23.5. The van der Waals surface area contributed by atoms with Gasteiger partial charge in [-0.2, -0.15) is 5.10 Å². The summed E-state index contributed by atoms with van der Waals surface area (Å²) in [7, 11) is 2.93. The minimum atomic E-state index is -0.471. The fraction of sp³-hybridized carbons (Fsp3) is 0.250. The number of methoxy groups -OCH3 is 2. The second-order valence-electron chi connectivity index (χ2n) is 6.27. The molecule has 0 bridgehead atoms. The molecule has 7 nitrogen and oxygen atoms in total. The van der Waals surface area contributed by atoms with Gasteiger partial charge in [0.1, 0.15) is 23.0 Å². The predicted octanol–water partition coefficient (Wildman–Crippen LogP) is 3.61. The van der Waals surface area contributed by atoms with E-state index >= 15 is 0 Å². The van der Waals surface area contributed by atoms with Crippen molar-refractivity contribution < 1.29 is 23.5 Å². The number of benzene rings is 2. The molecule has 2 aromatic rings. The van der Waals surface area contributed by atoms with Crippen molar-refractivity contribution in [3.05, 3.63) is 52.8 Å². The smallest absolute Gasteiger partial charge is 0.271 e. The molecule has 0 fully saturated rings. The van der Waals surface area contributed by atoms with Gasteiger partial charge in [-0.05, 0) is 23.8 Å². The molecule has 0 spiro atoms. The van der Waals surface area contributed by atoms with Gasteiger partial charge in [0.05, 0.1) is 31.5 Å². The van der Waals surface area contributed by atoms with Gasteiger partial charge >= 0.3 is 0 Å². The lowest BCUT2D eigenvalue weighted by Gasteiger charge is -2.23. The van der Waals surface area contributed by atoms with Gasteiger partial charge in [0.2, 0.25) is 5.91 Å². The monoisotopic (exact) mass is 419 g/mol. The second kappa shape index (κ2) is 8.91. The molecule has 0 saturated carbocycles. The van der Waals surface area contributed by atoms with Crippen LogP contribution in [0.4, 0.5) is 10.1 Å². The fourth-order valence-electron chi connectivity index (χ4n) is 2.80. The van der Waals surface area contributed by atoms with Gasteiger partial charge < -0.3 is 14.8 Å². The number of anilines is 1. The molecular formula is C20H19ClFN3O4. The van der Waals surface area contributed by atoms with Crippen molar-refractivity contribution in [2.45, 2.75) is 19.4 Å². The molecule has 0 atom stereocenters. The summed E-state index contributed by atoms with van der Waals surface area (Å²) in [6, 6.07) is 8.82. The SMILES string of the molecule is COc1cc(OC)c(NC(=O)C2=NN(Cc3ccc(F)cc3)C(=O)CC2)cc1Cl. The normalized spacial score (nSPS) is 13.7. The van der Waals surface area contributed by atoms with E-state index in [2.05, 4.69) is 10.4 Å². The van der Waals surface area contributed by atoms with E-state index in [1.54, 1.807) is 18.2 Å². The van der Waals surface area contributed by atoms with Gasteiger partial charge in [0, 0.05) is 18.9 Å². The third-order valence-corrected chi connectivity index (χ3v) is 4.63. The highest BCUT2D eigenvalue weighted by Gasteiger charge is 2.25. The molecule has 152 valence electrons. The lowest BCUT2D eigenvalue weighted by atomic mass is 10.1. The Bertz CT molecular complexity index is 963. The minimum Gasteiger partial charge on any atom is -0.495 e. The van der Waals surface area contributed by atoms with E-state index < -0.39 is 5.91 Å². The van der Waals surface area contributed by atoms with E-state index in [1.165, 1.54) is 37.4 Å². The first-order valence-corrected chi connectivity index (χ1v) is 9.14. The minimum absolute atomic E-state index is 0.146. The number of rotatable bonds is 6. The summed E-state index contributed by atoms with van der Waals surface area (Å²) in [5, 5.41) is 8.41. The molecule has 0 saturated heterocycles. The second-order valence-corrected chi connectivity index (χ2v) is 6.67. The number of hydrazone groups is 1. The Morgan fingerprint density at radius 2 is 1.86 bits per heavy atom. The number of halogens is 2. The Morgan fingerprint density at radius 3 is 2.52 bits per heavy atom. The summed E-state index contributed by atoms with van der Waals surface area (Å²) in [6.07, 6.45) is 0.352. The van der Waals surface area contributed by atoms with Crippen molar-refractivity contribution in [1.82, 2.24) is 5.01 Å². The maximum absolute atomic E-state index is 13.1. The van der Waals surface area contributed by atoms with Crippen LogP contribution >= 0.6 is 11.6 Å². The number of nitrogens with one attached hydrogen (secondary N) is 1. The lowest BCUT2D eigenvalue weighted by molar-refractivity contribution is -0.132. The van der Waals surface area contributed by atoms with Crippen molar-refractivity contribution in [2.24, 2.45) is 5.10 Å². The predicted molar refractivity (Wildman–Crippen MR) is 107 cm³/mol. The van der Waals surface area contributed by atoms with Crippen molar-refractivity contribution in [2.75, 3.05) is 19.5 Å². The van der Waals surface area contributed by atoms with Crippen molar-refractivity contribution in [3.63, 3.8) is 0 Å². The summed E-state index contributed by atoms with van der Waals surface area (Å²) in [5.41, 5.74) is 1.25. The maximum atomic E-state index is 13.1. The van der Waals surface area contributed by atoms with Crippen LogP contribution in [0.5, 0.6) is 11.5 Å². The molecule has 0 aromatic heterocycles. The standard InChI is InChI=1S/C20H19ClFN3O4/c1-28-17-10-18(29-2)16(9-14(17)21)23-20(27)15-7-8-19(26)25(24-15)11-12-3-5-13(22)6-4-12/h3-6,9-10H,7-8,11H2,1-2H3,(H,23,27). The molecule has 1 heterocycles. The Kier molecular flexibility index (Phi) is 6.33. The average Bonchev–Trinajstić information content (AvgIpc) is 2.71.